The van der Waals surface area contributed by atoms with Gasteiger partial charge in [-0.2, -0.15) is 0 Å². The van der Waals surface area contributed by atoms with Gasteiger partial charge >= 0.3 is 0 Å². The van der Waals surface area contributed by atoms with E-state index in [0.29, 0.717) is 12.1 Å². The molecule has 1 unspecified atom stereocenters. The first-order chi connectivity index (χ1) is 9.15. The number of hydrogen-bond acceptors (Lipinski definition) is 3. The van der Waals surface area contributed by atoms with Gasteiger partial charge in [0.05, 0.1) is 17.9 Å². The Bertz CT molecular complexity index is 542. The molecule has 0 radical (unpaired) electrons. The Balaban J connectivity index is 1.94. The molecule has 1 heterocycles. The van der Waals surface area contributed by atoms with Crippen LogP contribution in [0, 0.1) is 0 Å². The molecule has 0 bridgehead atoms. The van der Waals surface area contributed by atoms with E-state index in [-0.39, 0.29) is 5.91 Å². The van der Waals surface area contributed by atoms with E-state index < -0.39 is 6.04 Å². The number of hydrogen-bond donors (Lipinski definition) is 2. The van der Waals surface area contributed by atoms with Crippen molar-refractivity contribution in [3.05, 3.63) is 58.8 Å². The first kappa shape index (κ1) is 13.7. The molecule has 0 aliphatic carbocycles. The number of nitrogens with one attached hydrogen (secondary N) is 1. The lowest BCUT2D eigenvalue weighted by atomic mass is 10.1. The van der Waals surface area contributed by atoms with Crippen LogP contribution in [0.25, 0.3) is 0 Å². The fraction of sp³-hybridized carbons (Fsp3) is 0.143. The van der Waals surface area contributed by atoms with E-state index >= 15 is 0 Å². The highest BCUT2D eigenvalue weighted by atomic mass is 79.9. The summed E-state index contributed by atoms with van der Waals surface area (Å²) in [7, 11) is 0. The van der Waals surface area contributed by atoms with Crippen molar-refractivity contribution < 1.29 is 4.79 Å². The normalized spacial score (nSPS) is 11.9. The molecule has 0 fully saturated rings. The molecule has 4 nitrogen and oxygen atoms in total. The zero-order chi connectivity index (χ0) is 13.7. The number of nitrogens with two attached hydrogens (primary N) is 1. The summed E-state index contributed by atoms with van der Waals surface area (Å²) in [5, 5.41) is 2.74. The second-order valence-corrected chi connectivity index (χ2v) is 4.97. The molecule has 2 rings (SSSR count). The highest BCUT2D eigenvalue weighted by Crippen LogP contribution is 2.11. The van der Waals surface area contributed by atoms with Crippen molar-refractivity contribution in [2.75, 3.05) is 5.32 Å². The predicted molar refractivity (Wildman–Crippen MR) is 78.7 cm³/mol. The van der Waals surface area contributed by atoms with Crippen LogP contribution in [-0.4, -0.2) is 16.9 Å². The van der Waals surface area contributed by atoms with E-state index in [2.05, 4.69) is 26.2 Å². The zero-order valence-electron chi connectivity index (χ0n) is 10.2. The van der Waals surface area contributed by atoms with Crippen LogP contribution in [0.3, 0.4) is 0 Å². The zero-order valence-corrected chi connectivity index (χ0v) is 11.8. The van der Waals surface area contributed by atoms with E-state index in [1.54, 1.807) is 18.3 Å². The lowest BCUT2D eigenvalue weighted by Gasteiger charge is -2.12. The average Bonchev–Trinajstić information content (AvgIpc) is 2.42. The highest BCUT2D eigenvalue weighted by molar-refractivity contribution is 9.10. The largest absolute Gasteiger partial charge is 0.323 e. The summed E-state index contributed by atoms with van der Waals surface area (Å²) in [6.07, 6.45) is 2.09. The van der Waals surface area contributed by atoms with E-state index in [1.165, 1.54) is 0 Å². The molecule has 0 aliphatic rings. The average molecular weight is 320 g/mol. The monoisotopic (exact) mass is 319 g/mol. The van der Waals surface area contributed by atoms with Crippen LogP contribution in [-0.2, 0) is 11.2 Å². The number of nitrogens with zero attached hydrogens (tertiary/aromatic N) is 1. The molecule has 2 aromatic rings. The Labute approximate surface area is 120 Å². The molecule has 19 heavy (non-hydrogen) atoms. The maximum atomic E-state index is 11.9. The lowest BCUT2D eigenvalue weighted by molar-refractivity contribution is -0.117. The summed E-state index contributed by atoms with van der Waals surface area (Å²) < 4.78 is 0.721. The van der Waals surface area contributed by atoms with Crippen LogP contribution in [0.2, 0.25) is 0 Å². The molecule has 1 amide bonds. The molecule has 1 atom stereocenters. The Kier molecular flexibility index (Phi) is 4.65. The van der Waals surface area contributed by atoms with Gasteiger partial charge in [0, 0.05) is 0 Å². The molecule has 0 saturated heterocycles. The van der Waals surface area contributed by atoms with Crippen LogP contribution >= 0.6 is 15.9 Å². The molecule has 98 valence electrons. The van der Waals surface area contributed by atoms with Gasteiger partial charge in [-0.15, -0.1) is 0 Å². The highest BCUT2D eigenvalue weighted by Gasteiger charge is 2.14. The van der Waals surface area contributed by atoms with Crippen LogP contribution in [0.15, 0.2) is 53.3 Å². The predicted octanol–water partition coefficient (Wildman–Crippen LogP) is 2.35. The molecular formula is C14H14BrN3O. The van der Waals surface area contributed by atoms with Gasteiger partial charge in [-0.05, 0) is 40.0 Å². The molecule has 1 aromatic carbocycles. The third-order valence-corrected chi connectivity index (χ3v) is 3.10. The molecule has 1 aromatic heterocycles. The SMILES string of the molecule is NC(Cc1ccccc1)C(=O)Nc1ccc(Br)nc1. The van der Waals surface area contributed by atoms with Crippen molar-refractivity contribution in [3.63, 3.8) is 0 Å². The first-order valence-electron chi connectivity index (χ1n) is 5.87. The number of carbonyl (C=O) groups is 1. The molecular weight excluding hydrogens is 306 g/mol. The van der Waals surface area contributed by atoms with Crippen LogP contribution < -0.4 is 11.1 Å². The van der Waals surface area contributed by atoms with E-state index in [1.807, 2.05) is 30.3 Å². The van der Waals surface area contributed by atoms with Crippen molar-refractivity contribution in [1.82, 2.24) is 4.98 Å². The first-order valence-corrected chi connectivity index (χ1v) is 6.66. The quantitative estimate of drug-likeness (QED) is 0.850. The standard InChI is InChI=1S/C14H14BrN3O/c15-13-7-6-11(9-17-13)18-14(19)12(16)8-10-4-2-1-3-5-10/h1-7,9,12H,8,16H2,(H,18,19). The van der Waals surface area contributed by atoms with Crippen molar-refractivity contribution in [3.8, 4) is 0 Å². The second kappa shape index (κ2) is 6.45. The Morgan fingerprint density at radius 2 is 2.00 bits per heavy atom. The number of carbonyl (C=O) groups excluding carboxylic acids is 1. The Hall–Kier alpha value is -1.72. The van der Waals surface area contributed by atoms with Gasteiger partial charge in [0.2, 0.25) is 5.91 Å². The maximum absolute atomic E-state index is 11.9. The maximum Gasteiger partial charge on any atom is 0.241 e. The number of halogens is 1. The Morgan fingerprint density at radius 1 is 1.26 bits per heavy atom. The number of benzene rings is 1. The number of pyridine rings is 1. The number of aromatic nitrogens is 1. The number of rotatable bonds is 4. The third-order valence-electron chi connectivity index (χ3n) is 2.63. The lowest BCUT2D eigenvalue weighted by Crippen LogP contribution is -2.37. The smallest absolute Gasteiger partial charge is 0.241 e. The van der Waals surface area contributed by atoms with Crippen molar-refractivity contribution >= 4 is 27.5 Å². The third kappa shape index (κ3) is 4.15. The molecule has 0 aliphatic heterocycles. The summed E-state index contributed by atoms with van der Waals surface area (Å²) in [6, 6.07) is 12.6. The van der Waals surface area contributed by atoms with Crippen molar-refractivity contribution in [1.29, 1.82) is 0 Å². The summed E-state index contributed by atoms with van der Waals surface area (Å²) >= 11 is 3.24. The summed E-state index contributed by atoms with van der Waals surface area (Å²) in [5.41, 5.74) is 7.56. The molecule has 0 spiro atoms. The van der Waals surface area contributed by atoms with Crippen LogP contribution in [0.5, 0.6) is 0 Å². The van der Waals surface area contributed by atoms with Gasteiger partial charge in [0.1, 0.15) is 4.60 Å². The topological polar surface area (TPSA) is 68.0 Å². The van der Waals surface area contributed by atoms with Gasteiger partial charge in [0.25, 0.3) is 0 Å². The Morgan fingerprint density at radius 3 is 2.63 bits per heavy atom. The minimum atomic E-state index is -0.578. The van der Waals surface area contributed by atoms with Gasteiger partial charge in [0.15, 0.2) is 0 Å². The fourth-order valence-corrected chi connectivity index (χ4v) is 1.88. The van der Waals surface area contributed by atoms with Crippen molar-refractivity contribution in [2.45, 2.75) is 12.5 Å². The minimum Gasteiger partial charge on any atom is -0.323 e. The fourth-order valence-electron chi connectivity index (χ4n) is 1.65. The second-order valence-electron chi connectivity index (χ2n) is 4.16. The van der Waals surface area contributed by atoms with E-state index in [9.17, 15) is 4.79 Å². The van der Waals surface area contributed by atoms with Crippen LogP contribution in [0.4, 0.5) is 5.69 Å². The summed E-state index contributed by atoms with van der Waals surface area (Å²) in [4.78, 5) is 16.0. The molecule has 5 heteroatoms. The van der Waals surface area contributed by atoms with Gasteiger partial charge in [-0.1, -0.05) is 30.3 Å². The van der Waals surface area contributed by atoms with Gasteiger partial charge < -0.3 is 11.1 Å². The molecule has 3 N–H and O–H groups in total. The van der Waals surface area contributed by atoms with E-state index in [0.717, 1.165) is 10.2 Å². The van der Waals surface area contributed by atoms with Gasteiger partial charge in [-0.25, -0.2) is 4.98 Å². The summed E-state index contributed by atoms with van der Waals surface area (Å²) in [6.45, 7) is 0. The number of anilines is 1. The minimum absolute atomic E-state index is 0.215. The van der Waals surface area contributed by atoms with Crippen molar-refractivity contribution in [2.24, 2.45) is 5.73 Å². The van der Waals surface area contributed by atoms with E-state index in [4.69, 9.17) is 5.73 Å². The number of amides is 1. The summed E-state index contributed by atoms with van der Waals surface area (Å²) in [5.74, 6) is -0.215. The molecule has 0 saturated carbocycles. The van der Waals surface area contributed by atoms with Gasteiger partial charge in [-0.3, -0.25) is 4.79 Å². The van der Waals surface area contributed by atoms with Crippen LogP contribution in [0.1, 0.15) is 5.56 Å².